The van der Waals surface area contributed by atoms with Crippen molar-refractivity contribution in [2.75, 3.05) is 5.88 Å². The molecule has 0 saturated heterocycles. The fourth-order valence-corrected chi connectivity index (χ4v) is 2.90. The number of halogens is 1. The van der Waals surface area contributed by atoms with Crippen LogP contribution in [0.3, 0.4) is 0 Å². The third-order valence-corrected chi connectivity index (χ3v) is 3.98. The molecule has 2 aromatic carbocycles. The van der Waals surface area contributed by atoms with Gasteiger partial charge in [-0.2, -0.15) is 0 Å². The second-order valence-electron chi connectivity index (χ2n) is 5.08. The van der Waals surface area contributed by atoms with Crippen LogP contribution in [0.1, 0.15) is 17.5 Å². The first kappa shape index (κ1) is 14.1. The highest BCUT2D eigenvalue weighted by Gasteiger charge is 2.30. The maximum absolute atomic E-state index is 11.2. The monoisotopic (exact) mass is 297 g/mol. The van der Waals surface area contributed by atoms with Gasteiger partial charge in [-0.3, -0.25) is 4.98 Å². The zero-order valence-corrected chi connectivity index (χ0v) is 12.3. The summed E-state index contributed by atoms with van der Waals surface area (Å²) in [7, 11) is 0. The molecule has 0 aliphatic rings. The molecule has 3 rings (SSSR count). The van der Waals surface area contributed by atoms with E-state index in [-0.39, 0.29) is 0 Å². The van der Waals surface area contributed by atoms with Gasteiger partial charge in [-0.05, 0) is 29.7 Å². The fourth-order valence-electron chi connectivity index (χ4n) is 2.63. The van der Waals surface area contributed by atoms with Crippen LogP contribution in [0.2, 0.25) is 0 Å². The number of rotatable bonds is 4. The van der Waals surface area contributed by atoms with Crippen molar-refractivity contribution in [3.8, 4) is 0 Å². The Labute approximate surface area is 129 Å². The van der Waals surface area contributed by atoms with Gasteiger partial charge in [-0.1, -0.05) is 48.5 Å². The summed E-state index contributed by atoms with van der Waals surface area (Å²) in [5.74, 6) is 0.381. The van der Waals surface area contributed by atoms with Crippen LogP contribution in [0.4, 0.5) is 0 Å². The van der Waals surface area contributed by atoms with Gasteiger partial charge in [0.25, 0.3) is 0 Å². The first-order chi connectivity index (χ1) is 10.2. The van der Waals surface area contributed by atoms with Crippen LogP contribution in [0, 0.1) is 0 Å². The Hall–Kier alpha value is -1.90. The van der Waals surface area contributed by atoms with Crippen LogP contribution in [0.15, 0.2) is 66.9 Å². The van der Waals surface area contributed by atoms with Crippen LogP contribution in [-0.4, -0.2) is 16.0 Å². The predicted octanol–water partition coefficient (Wildman–Crippen LogP) is 4.10. The Morgan fingerprint density at radius 3 is 2.52 bits per heavy atom. The summed E-state index contributed by atoms with van der Waals surface area (Å²) in [6.45, 7) is 0. The normalized spacial score (nSPS) is 14.0. The number of aromatic nitrogens is 1. The average molecular weight is 298 g/mol. The van der Waals surface area contributed by atoms with E-state index >= 15 is 0 Å². The molecule has 0 aliphatic heterocycles. The number of alkyl halides is 1. The smallest absolute Gasteiger partial charge is 0.116 e. The third kappa shape index (κ3) is 2.65. The molecule has 106 valence electrons. The second-order valence-corrected chi connectivity index (χ2v) is 5.45. The molecule has 0 saturated carbocycles. The van der Waals surface area contributed by atoms with Crippen LogP contribution < -0.4 is 0 Å². The Morgan fingerprint density at radius 1 is 0.952 bits per heavy atom. The van der Waals surface area contributed by atoms with E-state index in [0.717, 1.165) is 22.0 Å². The van der Waals surface area contributed by atoms with Gasteiger partial charge in [-0.15, -0.1) is 11.6 Å². The van der Waals surface area contributed by atoms with Crippen LogP contribution >= 0.6 is 11.6 Å². The highest BCUT2D eigenvalue weighted by molar-refractivity contribution is 6.17. The molecule has 3 heteroatoms. The average Bonchev–Trinajstić information content (AvgIpc) is 2.55. The van der Waals surface area contributed by atoms with Crippen molar-refractivity contribution < 1.29 is 5.11 Å². The standard InChI is InChI=1S/C18H16ClNO/c19-11-10-18(21,15-6-2-1-3-7-15)16-9-8-14-5-4-12-20-17(14)13-16/h1-9,12-13,21H,10-11H2. The van der Waals surface area contributed by atoms with Crippen LogP contribution in [0.25, 0.3) is 10.9 Å². The predicted molar refractivity (Wildman–Crippen MR) is 86.5 cm³/mol. The van der Waals surface area contributed by atoms with E-state index in [9.17, 15) is 5.11 Å². The van der Waals surface area contributed by atoms with Gasteiger partial charge >= 0.3 is 0 Å². The Balaban J connectivity index is 2.15. The van der Waals surface area contributed by atoms with E-state index in [1.165, 1.54) is 0 Å². The van der Waals surface area contributed by atoms with E-state index in [4.69, 9.17) is 11.6 Å². The largest absolute Gasteiger partial charge is 0.380 e. The number of aliphatic hydroxyl groups is 1. The minimum atomic E-state index is -1.09. The lowest BCUT2D eigenvalue weighted by atomic mass is 9.84. The summed E-state index contributed by atoms with van der Waals surface area (Å²) in [6.07, 6.45) is 2.21. The Kier molecular flexibility index (Phi) is 3.91. The summed E-state index contributed by atoms with van der Waals surface area (Å²) >= 11 is 5.93. The molecular weight excluding hydrogens is 282 g/mol. The maximum Gasteiger partial charge on any atom is 0.116 e. The minimum Gasteiger partial charge on any atom is -0.380 e. The molecule has 1 aromatic heterocycles. The van der Waals surface area contributed by atoms with E-state index < -0.39 is 5.60 Å². The molecular formula is C18H16ClNO. The topological polar surface area (TPSA) is 33.1 Å². The van der Waals surface area contributed by atoms with Crippen LogP contribution in [0.5, 0.6) is 0 Å². The number of pyridine rings is 1. The quantitative estimate of drug-likeness (QED) is 0.736. The first-order valence-electron chi connectivity index (χ1n) is 6.93. The van der Waals surface area contributed by atoms with Gasteiger partial charge in [0.05, 0.1) is 5.52 Å². The first-order valence-corrected chi connectivity index (χ1v) is 7.46. The van der Waals surface area contributed by atoms with Crippen molar-refractivity contribution in [3.05, 3.63) is 78.0 Å². The molecule has 0 spiro atoms. The van der Waals surface area contributed by atoms with Gasteiger partial charge < -0.3 is 5.11 Å². The summed E-state index contributed by atoms with van der Waals surface area (Å²) in [4.78, 5) is 4.37. The molecule has 1 N–H and O–H groups in total. The Morgan fingerprint density at radius 2 is 1.76 bits per heavy atom. The number of hydrogen-bond acceptors (Lipinski definition) is 2. The molecule has 3 aromatic rings. The maximum atomic E-state index is 11.2. The lowest BCUT2D eigenvalue weighted by molar-refractivity contribution is 0.0776. The number of nitrogens with zero attached hydrogens (tertiary/aromatic N) is 1. The van der Waals surface area contributed by atoms with Crippen molar-refractivity contribution >= 4 is 22.5 Å². The molecule has 1 unspecified atom stereocenters. The van der Waals surface area contributed by atoms with E-state index in [1.807, 2.05) is 60.7 Å². The molecule has 0 amide bonds. The lowest BCUT2D eigenvalue weighted by Crippen LogP contribution is -2.27. The summed E-state index contributed by atoms with van der Waals surface area (Å²) in [5, 5.41) is 12.3. The Bertz CT molecular complexity index is 744. The van der Waals surface area contributed by atoms with Gasteiger partial charge in [0, 0.05) is 17.5 Å². The molecule has 2 nitrogen and oxygen atoms in total. The number of benzene rings is 2. The van der Waals surface area contributed by atoms with E-state index in [0.29, 0.717) is 12.3 Å². The minimum absolute atomic E-state index is 0.381. The van der Waals surface area contributed by atoms with Crippen LogP contribution in [-0.2, 0) is 5.60 Å². The molecule has 1 atom stereocenters. The van der Waals surface area contributed by atoms with E-state index in [1.54, 1.807) is 6.20 Å². The number of hydrogen-bond donors (Lipinski definition) is 1. The molecule has 1 heterocycles. The van der Waals surface area contributed by atoms with Crippen molar-refractivity contribution in [3.63, 3.8) is 0 Å². The summed E-state index contributed by atoms with van der Waals surface area (Å²) < 4.78 is 0. The zero-order valence-electron chi connectivity index (χ0n) is 11.5. The summed E-state index contributed by atoms with van der Waals surface area (Å²) in [6, 6.07) is 19.4. The van der Waals surface area contributed by atoms with Gasteiger partial charge in [-0.25, -0.2) is 0 Å². The molecule has 0 radical (unpaired) electrons. The second kappa shape index (κ2) is 5.84. The van der Waals surface area contributed by atoms with Gasteiger partial charge in [0.15, 0.2) is 0 Å². The molecule has 0 bridgehead atoms. The highest BCUT2D eigenvalue weighted by atomic mass is 35.5. The van der Waals surface area contributed by atoms with Crippen molar-refractivity contribution in [1.29, 1.82) is 0 Å². The van der Waals surface area contributed by atoms with Gasteiger partial charge in [0.2, 0.25) is 0 Å². The molecule has 0 aliphatic carbocycles. The van der Waals surface area contributed by atoms with Gasteiger partial charge in [0.1, 0.15) is 5.60 Å². The number of fused-ring (bicyclic) bond motifs is 1. The van der Waals surface area contributed by atoms with Crippen molar-refractivity contribution in [2.24, 2.45) is 0 Å². The SMILES string of the molecule is OC(CCCl)(c1ccccc1)c1ccc2cccnc2c1. The fraction of sp³-hybridized carbons (Fsp3) is 0.167. The molecule has 0 fully saturated rings. The molecule has 21 heavy (non-hydrogen) atoms. The van der Waals surface area contributed by atoms with Crippen molar-refractivity contribution in [1.82, 2.24) is 4.98 Å². The third-order valence-electron chi connectivity index (χ3n) is 3.79. The van der Waals surface area contributed by atoms with E-state index in [2.05, 4.69) is 4.98 Å². The highest BCUT2D eigenvalue weighted by Crippen LogP contribution is 2.34. The summed E-state index contributed by atoms with van der Waals surface area (Å²) in [5.41, 5.74) is 1.45. The lowest BCUT2D eigenvalue weighted by Gasteiger charge is -2.29. The van der Waals surface area contributed by atoms with Crippen molar-refractivity contribution in [2.45, 2.75) is 12.0 Å². The zero-order chi connectivity index (χ0) is 14.7.